The molecular weight excluding hydrogens is 208 g/mol. The van der Waals surface area contributed by atoms with Gasteiger partial charge in [0.25, 0.3) is 0 Å². The van der Waals surface area contributed by atoms with Crippen LogP contribution in [0.5, 0.6) is 0 Å². The van der Waals surface area contributed by atoms with E-state index in [1.54, 1.807) is 0 Å². The van der Waals surface area contributed by atoms with E-state index in [-0.39, 0.29) is 0 Å². The number of nitrogens with two attached hydrogens (primary N) is 1. The van der Waals surface area contributed by atoms with E-state index in [0.717, 1.165) is 12.0 Å². The molecule has 2 saturated carbocycles. The van der Waals surface area contributed by atoms with Gasteiger partial charge in [0.15, 0.2) is 0 Å². The van der Waals surface area contributed by atoms with E-state index < -0.39 is 0 Å². The summed E-state index contributed by atoms with van der Waals surface area (Å²) in [5.74, 6) is 0.728. The highest BCUT2D eigenvalue weighted by Gasteiger charge is 2.38. The molecule has 2 aliphatic carbocycles. The lowest BCUT2D eigenvalue weighted by Gasteiger charge is -2.43. The molecule has 0 saturated heterocycles. The topological polar surface area (TPSA) is 29.3 Å². The Hall–Kier alpha value is -0.0800. The molecule has 0 aromatic heterocycles. The van der Waals surface area contributed by atoms with Gasteiger partial charge in [-0.25, -0.2) is 0 Å². The summed E-state index contributed by atoms with van der Waals surface area (Å²) in [6.07, 6.45) is 8.15. The Morgan fingerprint density at radius 1 is 1.24 bits per heavy atom. The minimum Gasteiger partial charge on any atom is -0.327 e. The lowest BCUT2D eigenvalue weighted by Crippen LogP contribution is -2.50. The standard InChI is InChI=1S/C15H30N2/c1-4-10-17(13-7-8-13)11-12-6-5-9-15(2,3)14(12)16/h12-14H,4-11,16H2,1-3H3. The molecule has 2 N–H and O–H groups in total. The van der Waals surface area contributed by atoms with Gasteiger partial charge in [-0.3, -0.25) is 0 Å². The molecule has 0 amide bonds. The van der Waals surface area contributed by atoms with Crippen molar-refractivity contribution in [1.29, 1.82) is 0 Å². The fourth-order valence-corrected chi connectivity index (χ4v) is 3.46. The normalized spacial score (nSPS) is 33.0. The van der Waals surface area contributed by atoms with Crippen LogP contribution in [0, 0.1) is 11.3 Å². The Morgan fingerprint density at radius 3 is 2.53 bits per heavy atom. The first-order valence-corrected chi connectivity index (χ1v) is 7.54. The number of rotatable bonds is 5. The van der Waals surface area contributed by atoms with Gasteiger partial charge in [-0.15, -0.1) is 0 Å². The molecule has 2 fully saturated rings. The molecule has 0 aromatic carbocycles. The lowest BCUT2D eigenvalue weighted by molar-refractivity contribution is 0.0990. The second-order valence-corrected chi connectivity index (χ2v) is 6.89. The largest absolute Gasteiger partial charge is 0.327 e. The second-order valence-electron chi connectivity index (χ2n) is 6.89. The molecule has 2 unspecified atom stereocenters. The van der Waals surface area contributed by atoms with E-state index in [9.17, 15) is 0 Å². The van der Waals surface area contributed by atoms with Gasteiger partial charge in [0.2, 0.25) is 0 Å². The summed E-state index contributed by atoms with van der Waals surface area (Å²) >= 11 is 0. The Morgan fingerprint density at radius 2 is 1.94 bits per heavy atom. The highest BCUT2D eigenvalue weighted by molar-refractivity contribution is 4.94. The lowest BCUT2D eigenvalue weighted by atomic mass is 9.68. The smallest absolute Gasteiger partial charge is 0.0131 e. The maximum atomic E-state index is 6.50. The average molecular weight is 238 g/mol. The SMILES string of the molecule is CCCN(CC1CCCC(C)(C)C1N)C1CC1. The van der Waals surface area contributed by atoms with Crippen molar-refractivity contribution >= 4 is 0 Å². The van der Waals surface area contributed by atoms with E-state index in [1.165, 1.54) is 51.6 Å². The van der Waals surface area contributed by atoms with E-state index in [2.05, 4.69) is 25.7 Å². The molecule has 100 valence electrons. The van der Waals surface area contributed by atoms with Gasteiger partial charge < -0.3 is 10.6 Å². The Kier molecular flexibility index (Phi) is 4.14. The molecule has 0 aliphatic heterocycles. The molecule has 2 rings (SSSR count). The van der Waals surface area contributed by atoms with Crippen molar-refractivity contribution in [2.75, 3.05) is 13.1 Å². The fraction of sp³-hybridized carbons (Fsp3) is 1.00. The van der Waals surface area contributed by atoms with Crippen LogP contribution in [-0.2, 0) is 0 Å². The monoisotopic (exact) mass is 238 g/mol. The molecule has 0 spiro atoms. The van der Waals surface area contributed by atoms with Crippen molar-refractivity contribution in [3.63, 3.8) is 0 Å². The van der Waals surface area contributed by atoms with Crippen LogP contribution >= 0.6 is 0 Å². The van der Waals surface area contributed by atoms with E-state index >= 15 is 0 Å². The fourth-order valence-electron chi connectivity index (χ4n) is 3.46. The van der Waals surface area contributed by atoms with Crippen LogP contribution in [-0.4, -0.2) is 30.1 Å². The zero-order valence-corrected chi connectivity index (χ0v) is 11.9. The summed E-state index contributed by atoms with van der Waals surface area (Å²) in [5, 5.41) is 0. The van der Waals surface area contributed by atoms with Crippen molar-refractivity contribution in [2.24, 2.45) is 17.1 Å². The van der Waals surface area contributed by atoms with Gasteiger partial charge in [-0.05, 0) is 50.0 Å². The molecular formula is C15H30N2. The maximum absolute atomic E-state index is 6.50. The molecule has 2 atom stereocenters. The van der Waals surface area contributed by atoms with Crippen LogP contribution in [0.1, 0.15) is 59.3 Å². The van der Waals surface area contributed by atoms with E-state index in [0.29, 0.717) is 11.5 Å². The van der Waals surface area contributed by atoms with Crippen molar-refractivity contribution in [3.8, 4) is 0 Å². The summed E-state index contributed by atoms with van der Waals surface area (Å²) < 4.78 is 0. The molecule has 0 bridgehead atoms. The molecule has 2 nitrogen and oxygen atoms in total. The first kappa shape index (κ1) is 13.4. The first-order chi connectivity index (χ1) is 8.04. The van der Waals surface area contributed by atoms with Crippen LogP contribution in [0.2, 0.25) is 0 Å². The molecule has 2 heteroatoms. The predicted molar refractivity (Wildman–Crippen MR) is 74.0 cm³/mol. The number of hydrogen-bond donors (Lipinski definition) is 1. The third-order valence-electron chi connectivity index (χ3n) is 4.85. The quantitative estimate of drug-likeness (QED) is 0.798. The highest BCUT2D eigenvalue weighted by Crippen LogP contribution is 2.39. The molecule has 0 heterocycles. The molecule has 17 heavy (non-hydrogen) atoms. The highest BCUT2D eigenvalue weighted by atomic mass is 15.2. The minimum absolute atomic E-state index is 0.352. The maximum Gasteiger partial charge on any atom is 0.0131 e. The predicted octanol–water partition coefficient (Wildman–Crippen LogP) is 3.01. The van der Waals surface area contributed by atoms with Crippen molar-refractivity contribution < 1.29 is 0 Å². The number of nitrogens with zero attached hydrogens (tertiary/aromatic N) is 1. The third kappa shape index (κ3) is 3.23. The Labute approximate surface area is 107 Å². The van der Waals surface area contributed by atoms with Crippen molar-refractivity contribution in [1.82, 2.24) is 4.90 Å². The second kappa shape index (κ2) is 5.27. The third-order valence-corrected chi connectivity index (χ3v) is 4.85. The van der Waals surface area contributed by atoms with Gasteiger partial charge in [0.05, 0.1) is 0 Å². The summed E-state index contributed by atoms with van der Waals surface area (Å²) in [5.41, 5.74) is 6.85. The molecule has 0 radical (unpaired) electrons. The van der Waals surface area contributed by atoms with Gasteiger partial charge >= 0.3 is 0 Å². The summed E-state index contributed by atoms with van der Waals surface area (Å²) in [6, 6.07) is 1.29. The minimum atomic E-state index is 0.352. The van der Waals surface area contributed by atoms with Gasteiger partial charge in [-0.1, -0.05) is 27.2 Å². The Balaban J connectivity index is 1.91. The average Bonchev–Trinajstić information content (AvgIpc) is 3.07. The van der Waals surface area contributed by atoms with Gasteiger partial charge in [0.1, 0.15) is 0 Å². The molecule has 2 aliphatic rings. The van der Waals surface area contributed by atoms with Crippen LogP contribution in [0.25, 0.3) is 0 Å². The van der Waals surface area contributed by atoms with Gasteiger partial charge in [-0.2, -0.15) is 0 Å². The zero-order chi connectivity index (χ0) is 12.5. The van der Waals surface area contributed by atoms with Gasteiger partial charge in [0, 0.05) is 18.6 Å². The van der Waals surface area contributed by atoms with Crippen LogP contribution in [0.4, 0.5) is 0 Å². The van der Waals surface area contributed by atoms with E-state index in [1.807, 2.05) is 0 Å². The summed E-state index contributed by atoms with van der Waals surface area (Å²) in [7, 11) is 0. The van der Waals surface area contributed by atoms with Crippen LogP contribution in [0.3, 0.4) is 0 Å². The van der Waals surface area contributed by atoms with Crippen LogP contribution in [0.15, 0.2) is 0 Å². The first-order valence-electron chi connectivity index (χ1n) is 7.54. The summed E-state index contributed by atoms with van der Waals surface area (Å²) in [4.78, 5) is 2.71. The van der Waals surface area contributed by atoms with Crippen molar-refractivity contribution in [3.05, 3.63) is 0 Å². The summed E-state index contributed by atoms with van der Waals surface area (Å²) in [6.45, 7) is 9.52. The molecule has 0 aromatic rings. The van der Waals surface area contributed by atoms with Crippen LogP contribution < -0.4 is 5.73 Å². The number of hydrogen-bond acceptors (Lipinski definition) is 2. The van der Waals surface area contributed by atoms with E-state index in [4.69, 9.17) is 5.73 Å². The Bertz CT molecular complexity index is 245. The van der Waals surface area contributed by atoms with Crippen molar-refractivity contribution in [2.45, 2.75) is 71.4 Å². The zero-order valence-electron chi connectivity index (χ0n) is 11.9.